The van der Waals surface area contributed by atoms with E-state index in [-0.39, 0.29) is 16.7 Å². The summed E-state index contributed by atoms with van der Waals surface area (Å²) in [6.45, 7) is 5.15. The molecule has 1 aromatic heterocycles. The second kappa shape index (κ2) is 8.50. The number of anilines is 1. The highest BCUT2D eigenvalue weighted by molar-refractivity contribution is 7.89. The third-order valence-electron chi connectivity index (χ3n) is 4.63. The van der Waals surface area contributed by atoms with E-state index in [1.807, 2.05) is 19.2 Å². The Hall–Kier alpha value is -1.77. The van der Waals surface area contributed by atoms with Crippen LogP contribution in [0, 0.1) is 0 Å². The number of hydrogen-bond acceptors (Lipinski definition) is 5. The van der Waals surface area contributed by atoms with Crippen LogP contribution in [0.4, 0.5) is 5.13 Å². The molecule has 1 fully saturated rings. The first-order valence-electron chi connectivity index (χ1n) is 9.25. The number of hydrogen-bond donors (Lipinski definition) is 1. The summed E-state index contributed by atoms with van der Waals surface area (Å²) in [4.78, 5) is 17.1. The number of sulfonamides is 1. The number of rotatable bonds is 5. The Morgan fingerprint density at radius 1 is 1.19 bits per heavy atom. The van der Waals surface area contributed by atoms with E-state index in [2.05, 4.69) is 10.3 Å². The smallest absolute Gasteiger partial charge is 0.257 e. The third kappa shape index (κ3) is 4.75. The van der Waals surface area contributed by atoms with Crippen LogP contribution >= 0.6 is 11.3 Å². The van der Waals surface area contributed by atoms with Gasteiger partial charge in [-0.05, 0) is 37.0 Å². The van der Waals surface area contributed by atoms with Crippen molar-refractivity contribution in [1.29, 1.82) is 0 Å². The average molecular weight is 408 g/mol. The molecule has 1 amide bonds. The molecule has 0 radical (unpaired) electrons. The topological polar surface area (TPSA) is 79.4 Å². The number of nitrogens with one attached hydrogen (secondary N) is 1. The van der Waals surface area contributed by atoms with E-state index in [4.69, 9.17) is 0 Å². The van der Waals surface area contributed by atoms with Gasteiger partial charge in [0, 0.05) is 24.0 Å². The highest BCUT2D eigenvalue weighted by atomic mass is 32.2. The number of carbonyl (C=O) groups is 1. The number of nitrogens with zero attached hydrogens (tertiary/aromatic N) is 2. The molecule has 0 atom stereocenters. The van der Waals surface area contributed by atoms with E-state index in [9.17, 15) is 13.2 Å². The van der Waals surface area contributed by atoms with E-state index < -0.39 is 10.0 Å². The second-order valence-electron chi connectivity index (χ2n) is 7.03. The SMILES string of the molecule is CC(C)c1csc(NC(=O)c2cccc(S(=O)(=O)N3CCCCCC3)c2)n1. The standard InChI is InChI=1S/C19H25N3O3S2/c1-14(2)17-13-26-19(20-17)21-18(23)15-8-7-9-16(12-15)27(24,25)22-10-5-3-4-6-11-22/h7-9,12-14H,3-6,10-11H2,1-2H3,(H,20,21,23). The minimum absolute atomic E-state index is 0.166. The first-order valence-corrected chi connectivity index (χ1v) is 11.6. The van der Waals surface area contributed by atoms with Crippen molar-refractivity contribution in [3.63, 3.8) is 0 Å². The van der Waals surface area contributed by atoms with Crippen LogP contribution in [0.5, 0.6) is 0 Å². The highest BCUT2D eigenvalue weighted by Crippen LogP contribution is 2.24. The van der Waals surface area contributed by atoms with Crippen LogP contribution in [0.15, 0.2) is 34.5 Å². The Balaban J connectivity index is 1.78. The summed E-state index contributed by atoms with van der Waals surface area (Å²) in [6, 6.07) is 6.23. The van der Waals surface area contributed by atoms with Gasteiger partial charge >= 0.3 is 0 Å². The summed E-state index contributed by atoms with van der Waals surface area (Å²) in [5.41, 5.74) is 1.24. The van der Waals surface area contributed by atoms with Gasteiger partial charge < -0.3 is 0 Å². The zero-order chi connectivity index (χ0) is 19.4. The van der Waals surface area contributed by atoms with Gasteiger partial charge in [-0.3, -0.25) is 10.1 Å². The van der Waals surface area contributed by atoms with Crippen molar-refractivity contribution in [3.8, 4) is 0 Å². The van der Waals surface area contributed by atoms with Gasteiger partial charge in [0.1, 0.15) is 0 Å². The maximum absolute atomic E-state index is 12.9. The van der Waals surface area contributed by atoms with Gasteiger partial charge in [-0.25, -0.2) is 13.4 Å². The molecule has 2 aromatic rings. The molecule has 6 nitrogen and oxygen atoms in total. The van der Waals surface area contributed by atoms with Gasteiger partial charge in [0.15, 0.2) is 5.13 Å². The third-order valence-corrected chi connectivity index (χ3v) is 7.30. The van der Waals surface area contributed by atoms with Crippen LogP contribution in [0.25, 0.3) is 0 Å². The van der Waals surface area contributed by atoms with E-state index in [1.165, 1.54) is 21.7 Å². The van der Waals surface area contributed by atoms with Crippen molar-refractivity contribution < 1.29 is 13.2 Å². The molecule has 1 N–H and O–H groups in total. The zero-order valence-corrected chi connectivity index (χ0v) is 17.3. The molecule has 27 heavy (non-hydrogen) atoms. The predicted molar refractivity (Wildman–Crippen MR) is 108 cm³/mol. The molecule has 0 saturated carbocycles. The summed E-state index contributed by atoms with van der Waals surface area (Å²) >= 11 is 1.37. The fourth-order valence-electron chi connectivity index (χ4n) is 3.01. The van der Waals surface area contributed by atoms with Crippen LogP contribution in [-0.2, 0) is 10.0 Å². The second-order valence-corrected chi connectivity index (χ2v) is 9.83. The van der Waals surface area contributed by atoms with Crippen LogP contribution in [0.1, 0.15) is 61.5 Å². The van der Waals surface area contributed by atoms with E-state index >= 15 is 0 Å². The number of benzene rings is 1. The zero-order valence-electron chi connectivity index (χ0n) is 15.6. The fraction of sp³-hybridized carbons (Fsp3) is 0.474. The quantitative estimate of drug-likeness (QED) is 0.810. The molecule has 0 aliphatic carbocycles. The summed E-state index contributed by atoms with van der Waals surface area (Å²) in [7, 11) is -3.58. The molecular weight excluding hydrogens is 382 g/mol. The maximum atomic E-state index is 12.9. The molecular formula is C19H25N3O3S2. The van der Waals surface area contributed by atoms with Crippen molar-refractivity contribution >= 4 is 32.4 Å². The van der Waals surface area contributed by atoms with Gasteiger partial charge in [0.25, 0.3) is 5.91 Å². The lowest BCUT2D eigenvalue weighted by atomic mass is 10.2. The van der Waals surface area contributed by atoms with Crippen molar-refractivity contribution in [3.05, 3.63) is 40.9 Å². The van der Waals surface area contributed by atoms with E-state index in [0.717, 1.165) is 31.4 Å². The van der Waals surface area contributed by atoms with Crippen LogP contribution in [-0.4, -0.2) is 36.7 Å². The molecule has 8 heteroatoms. The van der Waals surface area contributed by atoms with Gasteiger partial charge in [-0.2, -0.15) is 4.31 Å². The average Bonchev–Trinajstić information content (AvgIpc) is 2.94. The van der Waals surface area contributed by atoms with Gasteiger partial charge in [-0.1, -0.05) is 32.8 Å². The molecule has 146 valence electrons. The van der Waals surface area contributed by atoms with Crippen molar-refractivity contribution in [2.24, 2.45) is 0 Å². The molecule has 1 aliphatic heterocycles. The Labute approximate surface area is 164 Å². The molecule has 1 saturated heterocycles. The number of aromatic nitrogens is 1. The fourth-order valence-corrected chi connectivity index (χ4v) is 5.44. The van der Waals surface area contributed by atoms with Gasteiger partial charge in [0.2, 0.25) is 10.0 Å². The minimum Gasteiger partial charge on any atom is -0.298 e. The van der Waals surface area contributed by atoms with Crippen molar-refractivity contribution in [2.45, 2.75) is 50.3 Å². The minimum atomic E-state index is -3.58. The Bertz CT molecular complexity index is 898. The molecule has 0 spiro atoms. The first kappa shape index (κ1) is 20.0. The summed E-state index contributed by atoms with van der Waals surface area (Å²) in [5.74, 6) is -0.0680. The Morgan fingerprint density at radius 3 is 2.52 bits per heavy atom. The number of carbonyl (C=O) groups excluding carboxylic acids is 1. The molecule has 0 bridgehead atoms. The van der Waals surface area contributed by atoms with Crippen LogP contribution in [0.3, 0.4) is 0 Å². The lowest BCUT2D eigenvalue weighted by molar-refractivity contribution is 0.102. The Kier molecular flexibility index (Phi) is 6.29. The Morgan fingerprint density at radius 2 is 1.89 bits per heavy atom. The molecule has 3 rings (SSSR count). The first-order chi connectivity index (χ1) is 12.9. The number of thiazole rings is 1. The monoisotopic (exact) mass is 407 g/mol. The normalized spacial score (nSPS) is 16.3. The van der Waals surface area contributed by atoms with E-state index in [1.54, 1.807) is 18.2 Å². The lowest BCUT2D eigenvalue weighted by Crippen LogP contribution is -2.32. The lowest BCUT2D eigenvalue weighted by Gasteiger charge is -2.20. The van der Waals surface area contributed by atoms with Crippen molar-refractivity contribution in [1.82, 2.24) is 9.29 Å². The van der Waals surface area contributed by atoms with Crippen LogP contribution < -0.4 is 5.32 Å². The molecule has 1 aromatic carbocycles. The highest BCUT2D eigenvalue weighted by Gasteiger charge is 2.26. The summed E-state index contributed by atoms with van der Waals surface area (Å²) < 4.78 is 27.4. The van der Waals surface area contributed by atoms with Crippen molar-refractivity contribution in [2.75, 3.05) is 18.4 Å². The van der Waals surface area contributed by atoms with Gasteiger partial charge in [0.05, 0.1) is 10.6 Å². The molecule has 0 unspecified atom stereocenters. The van der Waals surface area contributed by atoms with E-state index in [0.29, 0.717) is 23.8 Å². The molecule has 1 aliphatic rings. The molecule has 2 heterocycles. The summed E-state index contributed by atoms with van der Waals surface area (Å²) in [5, 5.41) is 5.20. The van der Waals surface area contributed by atoms with Crippen LogP contribution in [0.2, 0.25) is 0 Å². The summed E-state index contributed by atoms with van der Waals surface area (Å²) in [6.07, 6.45) is 3.87. The number of amides is 1. The predicted octanol–water partition coefficient (Wildman–Crippen LogP) is 4.08. The van der Waals surface area contributed by atoms with Gasteiger partial charge in [-0.15, -0.1) is 11.3 Å². The maximum Gasteiger partial charge on any atom is 0.257 e. The largest absolute Gasteiger partial charge is 0.298 e.